The molecule has 23 heavy (non-hydrogen) atoms. The second-order valence-corrected chi connectivity index (χ2v) is 6.80. The lowest BCUT2D eigenvalue weighted by Gasteiger charge is -2.20. The molecule has 2 amide bonds. The number of nitrogens with two attached hydrogens (primary N) is 1. The highest BCUT2D eigenvalue weighted by atomic mass is 16.6. The van der Waals surface area contributed by atoms with Crippen molar-refractivity contribution >= 4 is 18.0 Å². The molecule has 134 valence electrons. The van der Waals surface area contributed by atoms with E-state index in [1.807, 2.05) is 6.92 Å². The average Bonchev–Trinajstić information content (AvgIpc) is 2.38. The number of amides is 2. The lowest BCUT2D eigenvalue weighted by atomic mass is 9.93. The Bertz CT molecular complexity index is 427. The minimum absolute atomic E-state index is 0.275. The molecule has 0 aromatic rings. The molecule has 0 bridgehead atoms. The monoisotopic (exact) mass is 329 g/mol. The summed E-state index contributed by atoms with van der Waals surface area (Å²) in [5.41, 5.74) is 4.09. The third-order valence-electron chi connectivity index (χ3n) is 2.73. The molecule has 0 radical (unpaired) electrons. The van der Waals surface area contributed by atoms with Crippen molar-refractivity contribution in [2.75, 3.05) is 26.2 Å². The summed E-state index contributed by atoms with van der Waals surface area (Å²) in [6.07, 6.45) is -0.462. The van der Waals surface area contributed by atoms with Gasteiger partial charge >= 0.3 is 6.09 Å². The number of ether oxygens (including phenoxy) is 1. The Balaban J connectivity index is 4.30. The van der Waals surface area contributed by atoms with E-state index in [0.29, 0.717) is 25.6 Å². The van der Waals surface area contributed by atoms with Gasteiger partial charge in [0.1, 0.15) is 5.60 Å². The first kappa shape index (κ1) is 21.0. The molecule has 0 aliphatic carbocycles. The SMILES string of the molecule is CCNC(=NCC(C)(C)C(N)=O)NCCNC(=O)OC(C)(C)C. The van der Waals surface area contributed by atoms with Crippen LogP contribution in [0.5, 0.6) is 0 Å². The zero-order valence-electron chi connectivity index (χ0n) is 15.1. The highest BCUT2D eigenvalue weighted by Gasteiger charge is 2.24. The standard InChI is InChI=1S/C15H31N5O3/c1-7-17-12(20-10-15(5,6)11(16)21)18-8-9-19-13(22)23-14(2,3)4/h7-10H2,1-6H3,(H2,16,21)(H,19,22)(H2,17,18,20). The first-order chi connectivity index (χ1) is 10.5. The number of nitrogens with one attached hydrogen (secondary N) is 3. The molecular weight excluding hydrogens is 298 g/mol. The van der Waals surface area contributed by atoms with Gasteiger partial charge in [-0.15, -0.1) is 0 Å². The fourth-order valence-electron chi connectivity index (χ4n) is 1.36. The van der Waals surface area contributed by atoms with Gasteiger partial charge in [0, 0.05) is 19.6 Å². The molecule has 5 N–H and O–H groups in total. The van der Waals surface area contributed by atoms with Crippen molar-refractivity contribution < 1.29 is 14.3 Å². The number of hydrogen-bond acceptors (Lipinski definition) is 4. The largest absolute Gasteiger partial charge is 0.444 e. The van der Waals surface area contributed by atoms with Gasteiger partial charge in [0.15, 0.2) is 5.96 Å². The van der Waals surface area contributed by atoms with Crippen molar-refractivity contribution in [2.24, 2.45) is 16.1 Å². The van der Waals surface area contributed by atoms with Gasteiger partial charge in [-0.25, -0.2) is 4.79 Å². The summed E-state index contributed by atoms with van der Waals surface area (Å²) >= 11 is 0. The number of rotatable bonds is 7. The third kappa shape index (κ3) is 10.4. The van der Waals surface area contributed by atoms with Gasteiger partial charge in [-0.2, -0.15) is 0 Å². The van der Waals surface area contributed by atoms with Gasteiger partial charge in [-0.05, 0) is 41.5 Å². The van der Waals surface area contributed by atoms with Crippen molar-refractivity contribution in [3.8, 4) is 0 Å². The van der Waals surface area contributed by atoms with Crippen LogP contribution >= 0.6 is 0 Å². The number of alkyl carbamates (subject to hydrolysis) is 1. The van der Waals surface area contributed by atoms with Gasteiger partial charge in [0.2, 0.25) is 5.91 Å². The summed E-state index contributed by atoms with van der Waals surface area (Å²) in [5, 5.41) is 8.78. The Morgan fingerprint density at radius 3 is 2.09 bits per heavy atom. The van der Waals surface area contributed by atoms with E-state index >= 15 is 0 Å². The van der Waals surface area contributed by atoms with Crippen LogP contribution in [0.3, 0.4) is 0 Å². The number of carbonyl (C=O) groups is 2. The van der Waals surface area contributed by atoms with Crippen LogP contribution in [0, 0.1) is 5.41 Å². The number of carbonyl (C=O) groups excluding carboxylic acids is 2. The summed E-state index contributed by atoms with van der Waals surface area (Å²) in [6, 6.07) is 0. The second-order valence-electron chi connectivity index (χ2n) is 6.80. The Labute approximate surface area is 138 Å². The molecule has 0 saturated carbocycles. The minimum Gasteiger partial charge on any atom is -0.444 e. The highest BCUT2D eigenvalue weighted by molar-refractivity contribution is 5.82. The van der Waals surface area contributed by atoms with E-state index in [1.165, 1.54) is 0 Å². The quantitative estimate of drug-likeness (QED) is 0.309. The lowest BCUT2D eigenvalue weighted by molar-refractivity contribution is -0.125. The molecule has 0 heterocycles. The van der Waals surface area contributed by atoms with Crippen LogP contribution in [0.4, 0.5) is 4.79 Å². The van der Waals surface area contributed by atoms with Crippen LogP contribution in [0.2, 0.25) is 0 Å². The molecule has 0 aliphatic rings. The minimum atomic E-state index is -0.711. The Morgan fingerprint density at radius 1 is 1.04 bits per heavy atom. The molecule has 0 unspecified atom stereocenters. The zero-order valence-corrected chi connectivity index (χ0v) is 15.1. The van der Waals surface area contributed by atoms with Crippen LogP contribution in [0.1, 0.15) is 41.5 Å². The fraction of sp³-hybridized carbons (Fsp3) is 0.800. The maximum Gasteiger partial charge on any atom is 0.407 e. The van der Waals surface area contributed by atoms with Gasteiger partial charge in [0.25, 0.3) is 0 Å². The summed E-state index contributed by atoms with van der Waals surface area (Å²) < 4.78 is 5.14. The van der Waals surface area contributed by atoms with Crippen molar-refractivity contribution in [1.82, 2.24) is 16.0 Å². The number of hydrogen-bond donors (Lipinski definition) is 4. The number of primary amides is 1. The summed E-state index contributed by atoms with van der Waals surface area (Å²) in [7, 11) is 0. The van der Waals surface area contributed by atoms with E-state index in [2.05, 4.69) is 20.9 Å². The second kappa shape index (κ2) is 9.22. The molecule has 0 spiro atoms. The molecule has 0 aromatic carbocycles. The lowest BCUT2D eigenvalue weighted by Crippen LogP contribution is -2.43. The molecular formula is C15H31N5O3. The summed E-state index contributed by atoms with van der Waals surface area (Å²) in [5.74, 6) is 0.163. The highest BCUT2D eigenvalue weighted by Crippen LogP contribution is 2.13. The molecule has 0 aromatic heterocycles. The van der Waals surface area contributed by atoms with Crippen LogP contribution in [-0.2, 0) is 9.53 Å². The van der Waals surface area contributed by atoms with E-state index < -0.39 is 23.0 Å². The Kier molecular flexibility index (Phi) is 8.42. The topological polar surface area (TPSA) is 118 Å². The maximum atomic E-state index is 11.5. The van der Waals surface area contributed by atoms with E-state index in [0.717, 1.165) is 0 Å². The fourth-order valence-corrected chi connectivity index (χ4v) is 1.36. The van der Waals surface area contributed by atoms with Crippen molar-refractivity contribution in [3.05, 3.63) is 0 Å². The predicted octanol–water partition coefficient (Wildman–Crippen LogP) is 0.578. The molecule has 0 rings (SSSR count). The van der Waals surface area contributed by atoms with Crippen LogP contribution in [-0.4, -0.2) is 49.7 Å². The molecule has 0 saturated heterocycles. The van der Waals surface area contributed by atoms with E-state index in [9.17, 15) is 9.59 Å². The zero-order chi connectivity index (χ0) is 18.1. The third-order valence-corrected chi connectivity index (χ3v) is 2.73. The number of guanidine groups is 1. The van der Waals surface area contributed by atoms with E-state index in [-0.39, 0.29) is 6.54 Å². The van der Waals surface area contributed by atoms with E-state index in [4.69, 9.17) is 10.5 Å². The predicted molar refractivity (Wildman–Crippen MR) is 91.2 cm³/mol. The molecule has 0 atom stereocenters. The first-order valence-electron chi connectivity index (χ1n) is 7.77. The summed E-state index contributed by atoms with van der Waals surface area (Å²) in [6.45, 7) is 12.7. The van der Waals surface area contributed by atoms with Gasteiger partial charge in [-0.1, -0.05) is 0 Å². The smallest absolute Gasteiger partial charge is 0.407 e. The van der Waals surface area contributed by atoms with Gasteiger partial charge in [0.05, 0.1) is 12.0 Å². The van der Waals surface area contributed by atoms with Crippen molar-refractivity contribution in [1.29, 1.82) is 0 Å². The van der Waals surface area contributed by atoms with Crippen LogP contribution in [0.25, 0.3) is 0 Å². The molecule has 8 nitrogen and oxygen atoms in total. The van der Waals surface area contributed by atoms with Gasteiger partial charge < -0.3 is 26.4 Å². The Morgan fingerprint density at radius 2 is 1.61 bits per heavy atom. The molecule has 8 heteroatoms. The molecule has 0 fully saturated rings. The van der Waals surface area contributed by atoms with Crippen LogP contribution in [0.15, 0.2) is 4.99 Å². The summed E-state index contributed by atoms with van der Waals surface area (Å²) in [4.78, 5) is 27.1. The van der Waals surface area contributed by atoms with Crippen LogP contribution < -0.4 is 21.7 Å². The van der Waals surface area contributed by atoms with Crippen molar-refractivity contribution in [3.63, 3.8) is 0 Å². The van der Waals surface area contributed by atoms with Gasteiger partial charge in [-0.3, -0.25) is 9.79 Å². The normalized spacial score (nSPS) is 12.5. The van der Waals surface area contributed by atoms with E-state index in [1.54, 1.807) is 34.6 Å². The number of nitrogens with zero attached hydrogens (tertiary/aromatic N) is 1. The van der Waals surface area contributed by atoms with Crippen molar-refractivity contribution in [2.45, 2.75) is 47.1 Å². The number of aliphatic imine (C=N–C) groups is 1. The first-order valence-corrected chi connectivity index (χ1v) is 7.77. The average molecular weight is 329 g/mol. The molecule has 0 aliphatic heterocycles. The maximum absolute atomic E-state index is 11.5. The Hall–Kier alpha value is -1.99.